The van der Waals surface area contributed by atoms with Gasteiger partial charge >= 0.3 is 0 Å². The van der Waals surface area contributed by atoms with Gasteiger partial charge in [0.05, 0.1) is 19.0 Å². The Hall–Kier alpha value is -2.69. The first-order valence-corrected chi connectivity index (χ1v) is 6.18. The van der Waals surface area contributed by atoms with Gasteiger partial charge < -0.3 is 14.2 Å². The van der Waals surface area contributed by atoms with Gasteiger partial charge in [-0.1, -0.05) is 18.2 Å². The summed E-state index contributed by atoms with van der Waals surface area (Å²) in [7, 11) is 1.60. The topological polar surface area (TPSA) is 52.1 Å². The highest BCUT2D eigenvalue weighted by molar-refractivity contribution is 5.83. The van der Waals surface area contributed by atoms with Crippen molar-refractivity contribution in [3.8, 4) is 17.2 Å². The van der Waals surface area contributed by atoms with Crippen LogP contribution in [0.1, 0.15) is 5.56 Å². The predicted octanol–water partition coefficient (Wildman–Crippen LogP) is 2.87. The number of hydrogen-bond donors (Lipinski definition) is 1. The molecule has 0 amide bonds. The van der Waals surface area contributed by atoms with E-state index in [1.807, 2.05) is 42.5 Å². The molecule has 0 spiro atoms. The number of para-hydroxylation sites is 1. The second-order valence-electron chi connectivity index (χ2n) is 4.19. The maximum Gasteiger partial charge on any atom is 0.231 e. The van der Waals surface area contributed by atoms with E-state index in [1.54, 1.807) is 13.3 Å². The molecule has 0 saturated heterocycles. The molecule has 1 aliphatic rings. The molecule has 20 heavy (non-hydrogen) atoms. The maximum atomic E-state index is 5.36. The van der Waals surface area contributed by atoms with E-state index in [0.717, 1.165) is 11.3 Å². The van der Waals surface area contributed by atoms with E-state index in [4.69, 9.17) is 14.2 Å². The van der Waals surface area contributed by atoms with Crippen LogP contribution in [0.3, 0.4) is 0 Å². The van der Waals surface area contributed by atoms with E-state index in [9.17, 15) is 0 Å². The monoisotopic (exact) mass is 270 g/mol. The van der Waals surface area contributed by atoms with Gasteiger partial charge in [0, 0.05) is 5.56 Å². The molecule has 3 rings (SSSR count). The van der Waals surface area contributed by atoms with Crippen molar-refractivity contribution in [3.05, 3.63) is 48.0 Å². The molecule has 0 unspecified atom stereocenters. The normalized spacial score (nSPS) is 12.7. The second kappa shape index (κ2) is 5.52. The molecule has 0 bridgehead atoms. The van der Waals surface area contributed by atoms with Gasteiger partial charge in [0.25, 0.3) is 0 Å². The molecule has 0 aliphatic carbocycles. The average molecular weight is 270 g/mol. The van der Waals surface area contributed by atoms with Crippen LogP contribution in [0.4, 0.5) is 5.69 Å². The van der Waals surface area contributed by atoms with E-state index in [-0.39, 0.29) is 6.79 Å². The Kier molecular flexibility index (Phi) is 3.41. The maximum absolute atomic E-state index is 5.36. The van der Waals surface area contributed by atoms with Gasteiger partial charge in [-0.25, -0.2) is 0 Å². The number of anilines is 1. The minimum Gasteiger partial charge on any atom is -0.493 e. The summed E-state index contributed by atoms with van der Waals surface area (Å²) in [5, 5.41) is 4.19. The van der Waals surface area contributed by atoms with Crippen molar-refractivity contribution in [2.75, 3.05) is 19.3 Å². The van der Waals surface area contributed by atoms with Crippen LogP contribution in [-0.4, -0.2) is 20.1 Å². The lowest BCUT2D eigenvalue weighted by atomic mass is 10.2. The van der Waals surface area contributed by atoms with Crippen molar-refractivity contribution in [1.82, 2.24) is 0 Å². The van der Waals surface area contributed by atoms with Crippen LogP contribution >= 0.6 is 0 Å². The van der Waals surface area contributed by atoms with E-state index >= 15 is 0 Å². The summed E-state index contributed by atoms with van der Waals surface area (Å²) < 4.78 is 16.0. The first-order chi connectivity index (χ1) is 9.86. The Morgan fingerprint density at radius 1 is 1.20 bits per heavy atom. The zero-order valence-corrected chi connectivity index (χ0v) is 11.0. The van der Waals surface area contributed by atoms with Gasteiger partial charge in [-0.3, -0.25) is 5.43 Å². The van der Waals surface area contributed by atoms with Crippen LogP contribution in [0.2, 0.25) is 0 Å². The van der Waals surface area contributed by atoms with E-state index in [2.05, 4.69) is 10.5 Å². The number of rotatable bonds is 4. The first kappa shape index (κ1) is 12.3. The number of nitrogens with one attached hydrogen (secondary N) is 1. The lowest BCUT2D eigenvalue weighted by Crippen LogP contribution is -1.93. The van der Waals surface area contributed by atoms with Crippen molar-refractivity contribution in [3.63, 3.8) is 0 Å². The molecule has 0 saturated carbocycles. The van der Waals surface area contributed by atoms with Gasteiger partial charge in [-0.15, -0.1) is 0 Å². The third kappa shape index (κ3) is 2.51. The van der Waals surface area contributed by atoms with Crippen molar-refractivity contribution < 1.29 is 14.2 Å². The summed E-state index contributed by atoms with van der Waals surface area (Å²) in [4.78, 5) is 0. The third-order valence-corrected chi connectivity index (χ3v) is 2.86. The molecule has 0 radical (unpaired) electrons. The van der Waals surface area contributed by atoms with Gasteiger partial charge in [-0.05, 0) is 24.3 Å². The summed E-state index contributed by atoms with van der Waals surface area (Å²) in [5.41, 5.74) is 4.75. The molecule has 1 heterocycles. The predicted molar refractivity (Wildman–Crippen MR) is 76.8 cm³/mol. The van der Waals surface area contributed by atoms with Crippen LogP contribution < -0.4 is 19.6 Å². The molecule has 0 atom stereocenters. The van der Waals surface area contributed by atoms with E-state index in [1.165, 1.54) is 0 Å². The zero-order valence-electron chi connectivity index (χ0n) is 11.0. The average Bonchev–Trinajstić information content (AvgIpc) is 2.96. The van der Waals surface area contributed by atoms with Gasteiger partial charge in [0.1, 0.15) is 0 Å². The molecule has 1 N–H and O–H groups in total. The number of hydrogen-bond acceptors (Lipinski definition) is 5. The highest BCUT2D eigenvalue weighted by Crippen LogP contribution is 2.41. The largest absolute Gasteiger partial charge is 0.493 e. The number of methoxy groups -OCH3 is 1. The third-order valence-electron chi connectivity index (χ3n) is 2.86. The van der Waals surface area contributed by atoms with Crippen LogP contribution in [0.25, 0.3) is 0 Å². The number of hydrazone groups is 1. The molecule has 1 aliphatic heterocycles. The number of ether oxygens (including phenoxy) is 3. The highest BCUT2D eigenvalue weighted by atomic mass is 16.7. The van der Waals surface area contributed by atoms with Crippen LogP contribution in [0.15, 0.2) is 47.6 Å². The van der Waals surface area contributed by atoms with Crippen molar-refractivity contribution >= 4 is 11.9 Å². The summed E-state index contributed by atoms with van der Waals surface area (Å²) in [6, 6.07) is 13.4. The summed E-state index contributed by atoms with van der Waals surface area (Å²) in [5.74, 6) is 1.95. The summed E-state index contributed by atoms with van der Waals surface area (Å²) in [6.45, 7) is 0.217. The van der Waals surface area contributed by atoms with Crippen LogP contribution in [0.5, 0.6) is 17.2 Å². The Balaban J connectivity index is 1.78. The molecule has 0 aromatic heterocycles. The molecular weight excluding hydrogens is 256 g/mol. The van der Waals surface area contributed by atoms with Crippen LogP contribution in [-0.2, 0) is 0 Å². The Bertz CT molecular complexity index is 627. The second-order valence-corrected chi connectivity index (χ2v) is 4.19. The molecule has 0 fully saturated rings. The number of benzene rings is 2. The number of nitrogens with zero attached hydrogens (tertiary/aromatic N) is 1. The van der Waals surface area contributed by atoms with E-state index in [0.29, 0.717) is 17.2 Å². The van der Waals surface area contributed by atoms with Crippen LogP contribution in [0, 0.1) is 0 Å². The molecular formula is C15H14N2O3. The molecule has 2 aromatic rings. The Morgan fingerprint density at radius 3 is 2.85 bits per heavy atom. The summed E-state index contributed by atoms with van der Waals surface area (Å²) >= 11 is 0. The van der Waals surface area contributed by atoms with Gasteiger partial charge in [0.2, 0.25) is 12.5 Å². The Morgan fingerprint density at radius 2 is 2.05 bits per heavy atom. The minimum atomic E-state index is 0.217. The van der Waals surface area contributed by atoms with E-state index < -0.39 is 0 Å². The molecule has 5 nitrogen and oxygen atoms in total. The highest BCUT2D eigenvalue weighted by Gasteiger charge is 2.19. The fourth-order valence-electron chi connectivity index (χ4n) is 1.92. The number of fused-ring (bicyclic) bond motifs is 1. The van der Waals surface area contributed by atoms with Crippen molar-refractivity contribution in [1.29, 1.82) is 0 Å². The quantitative estimate of drug-likeness (QED) is 0.685. The lowest BCUT2D eigenvalue weighted by Gasteiger charge is -2.05. The van der Waals surface area contributed by atoms with Gasteiger partial charge in [-0.2, -0.15) is 5.10 Å². The first-order valence-electron chi connectivity index (χ1n) is 6.18. The summed E-state index contributed by atoms with van der Waals surface area (Å²) in [6.07, 6.45) is 1.71. The SMILES string of the molecule is COc1cc(C=NNc2ccccc2)cc2c1OCO2. The van der Waals surface area contributed by atoms with Crippen molar-refractivity contribution in [2.24, 2.45) is 5.10 Å². The standard InChI is InChI=1S/C15H14N2O3/c1-18-13-7-11(8-14-15(13)20-10-19-14)9-16-17-12-5-3-2-4-6-12/h2-9,17H,10H2,1H3. The van der Waals surface area contributed by atoms with Crippen molar-refractivity contribution in [2.45, 2.75) is 0 Å². The Labute approximate surface area is 116 Å². The molecule has 5 heteroatoms. The van der Waals surface area contributed by atoms with Gasteiger partial charge in [0.15, 0.2) is 11.5 Å². The fourth-order valence-corrected chi connectivity index (χ4v) is 1.92. The fraction of sp³-hybridized carbons (Fsp3) is 0.133. The lowest BCUT2D eigenvalue weighted by molar-refractivity contribution is 0.171. The zero-order chi connectivity index (χ0) is 13.8. The minimum absolute atomic E-state index is 0.217. The smallest absolute Gasteiger partial charge is 0.231 e. The molecule has 2 aromatic carbocycles. The molecule has 102 valence electrons.